The van der Waals surface area contributed by atoms with Crippen LogP contribution in [0.5, 0.6) is 11.5 Å². The Hall–Kier alpha value is -4.13. The highest BCUT2D eigenvalue weighted by molar-refractivity contribution is 5.95. The second-order valence-corrected chi connectivity index (χ2v) is 8.89. The third-order valence-corrected chi connectivity index (χ3v) is 6.68. The third kappa shape index (κ3) is 3.93. The maximum absolute atomic E-state index is 13.7. The number of aromatic amines is 1. The van der Waals surface area contributed by atoms with Gasteiger partial charge in [0, 0.05) is 30.1 Å². The van der Waals surface area contributed by atoms with Gasteiger partial charge in [0.15, 0.2) is 11.5 Å². The topological polar surface area (TPSA) is 84.5 Å². The summed E-state index contributed by atoms with van der Waals surface area (Å²) in [5.41, 5.74) is 5.61. The minimum Gasteiger partial charge on any atom is -0.493 e. The molecule has 5 rings (SSSR count). The van der Waals surface area contributed by atoms with Gasteiger partial charge < -0.3 is 19.4 Å². The summed E-state index contributed by atoms with van der Waals surface area (Å²) < 4.78 is 11.1. The van der Waals surface area contributed by atoms with Crippen LogP contribution >= 0.6 is 0 Å². The number of nitrogens with zero attached hydrogens (tertiary/aromatic N) is 2. The molecule has 1 N–H and O–H groups in total. The summed E-state index contributed by atoms with van der Waals surface area (Å²) in [6.07, 6.45) is 3.83. The molecule has 7 nitrogen and oxygen atoms in total. The van der Waals surface area contributed by atoms with E-state index in [-0.39, 0.29) is 11.5 Å². The van der Waals surface area contributed by atoms with Gasteiger partial charge in [-0.15, -0.1) is 0 Å². The second-order valence-electron chi connectivity index (χ2n) is 8.89. The lowest BCUT2D eigenvalue weighted by Crippen LogP contribution is -2.42. The van der Waals surface area contributed by atoms with Crippen LogP contribution in [0.25, 0.3) is 10.9 Å². The van der Waals surface area contributed by atoms with Gasteiger partial charge >= 0.3 is 0 Å². The number of fused-ring (bicyclic) bond motifs is 2. The van der Waals surface area contributed by atoms with Crippen molar-refractivity contribution in [2.45, 2.75) is 26.3 Å². The van der Waals surface area contributed by atoms with Gasteiger partial charge in [0.2, 0.25) is 0 Å². The van der Waals surface area contributed by atoms with Crippen molar-refractivity contribution in [2.75, 3.05) is 20.8 Å². The van der Waals surface area contributed by atoms with Crippen LogP contribution < -0.4 is 15.0 Å². The Kier molecular flexibility index (Phi) is 5.76. The highest BCUT2D eigenvalue weighted by Crippen LogP contribution is 2.41. The first kappa shape index (κ1) is 22.7. The fourth-order valence-electron chi connectivity index (χ4n) is 5.07. The molecule has 1 amide bonds. The van der Waals surface area contributed by atoms with Crippen molar-refractivity contribution >= 4 is 16.8 Å². The first-order chi connectivity index (χ1) is 16.9. The number of benzene rings is 2. The van der Waals surface area contributed by atoms with Crippen molar-refractivity contribution < 1.29 is 14.3 Å². The quantitative estimate of drug-likeness (QED) is 0.481. The van der Waals surface area contributed by atoms with E-state index in [0.717, 1.165) is 33.2 Å². The van der Waals surface area contributed by atoms with Crippen LogP contribution in [0.4, 0.5) is 0 Å². The Morgan fingerprint density at radius 2 is 1.71 bits per heavy atom. The predicted molar refractivity (Wildman–Crippen MR) is 134 cm³/mol. The Labute approximate surface area is 203 Å². The largest absolute Gasteiger partial charge is 0.493 e. The predicted octanol–water partition coefficient (Wildman–Crippen LogP) is 4.35. The van der Waals surface area contributed by atoms with Gasteiger partial charge in [0.1, 0.15) is 0 Å². The number of rotatable bonds is 4. The fraction of sp³-hybridized carbons (Fsp3) is 0.250. The molecule has 3 heterocycles. The van der Waals surface area contributed by atoms with E-state index in [0.29, 0.717) is 35.6 Å². The summed E-state index contributed by atoms with van der Waals surface area (Å²) in [6, 6.07) is 12.6. The van der Waals surface area contributed by atoms with Gasteiger partial charge in [0.05, 0.1) is 25.8 Å². The van der Waals surface area contributed by atoms with Gasteiger partial charge in [-0.25, -0.2) is 0 Å². The van der Waals surface area contributed by atoms with E-state index in [4.69, 9.17) is 9.47 Å². The molecule has 1 atom stereocenters. The van der Waals surface area contributed by atoms with Crippen molar-refractivity contribution in [1.29, 1.82) is 0 Å². The molecule has 0 radical (unpaired) electrons. The van der Waals surface area contributed by atoms with E-state index in [1.807, 2.05) is 38.1 Å². The molecule has 178 valence electrons. The van der Waals surface area contributed by atoms with Crippen LogP contribution in [-0.2, 0) is 6.42 Å². The van der Waals surface area contributed by atoms with E-state index < -0.39 is 6.04 Å². The smallest absolute Gasteiger partial charge is 0.254 e. The summed E-state index contributed by atoms with van der Waals surface area (Å²) in [7, 11) is 3.18. The number of aromatic nitrogens is 2. The lowest BCUT2D eigenvalue weighted by Gasteiger charge is -2.38. The molecular formula is C28H27N3O4. The Bertz CT molecular complexity index is 1490. The maximum Gasteiger partial charge on any atom is 0.254 e. The summed E-state index contributed by atoms with van der Waals surface area (Å²) >= 11 is 0. The number of methoxy groups -OCH3 is 2. The van der Waals surface area contributed by atoms with Crippen LogP contribution in [0.15, 0.2) is 59.7 Å². The number of pyridine rings is 2. The number of hydrogen-bond acceptors (Lipinski definition) is 5. The summed E-state index contributed by atoms with van der Waals surface area (Å²) in [4.78, 5) is 36.1. The molecule has 2 aromatic heterocycles. The molecule has 0 spiro atoms. The number of amides is 1. The van der Waals surface area contributed by atoms with Crippen LogP contribution in [0.3, 0.4) is 0 Å². The Morgan fingerprint density at radius 3 is 2.43 bits per heavy atom. The second kappa shape index (κ2) is 8.91. The van der Waals surface area contributed by atoms with Crippen molar-refractivity contribution in [1.82, 2.24) is 14.9 Å². The molecule has 0 saturated heterocycles. The average Bonchev–Trinajstić information content (AvgIpc) is 2.87. The van der Waals surface area contributed by atoms with Gasteiger partial charge in [-0.2, -0.15) is 0 Å². The first-order valence-corrected chi connectivity index (χ1v) is 11.5. The lowest BCUT2D eigenvalue weighted by atomic mass is 9.87. The number of aryl methyl sites for hydroxylation is 2. The van der Waals surface area contributed by atoms with Crippen molar-refractivity contribution in [3.05, 3.63) is 98.6 Å². The molecule has 0 bridgehead atoms. The highest BCUT2D eigenvalue weighted by Gasteiger charge is 2.35. The molecule has 2 aromatic carbocycles. The van der Waals surface area contributed by atoms with E-state index >= 15 is 0 Å². The molecule has 0 aliphatic carbocycles. The third-order valence-electron chi connectivity index (χ3n) is 6.68. The van der Waals surface area contributed by atoms with Crippen LogP contribution in [0, 0.1) is 13.8 Å². The van der Waals surface area contributed by atoms with E-state index in [1.54, 1.807) is 43.6 Å². The molecular weight excluding hydrogens is 442 g/mol. The van der Waals surface area contributed by atoms with Gasteiger partial charge in [-0.05, 0) is 78.7 Å². The summed E-state index contributed by atoms with van der Waals surface area (Å²) in [6.45, 7) is 4.47. The monoisotopic (exact) mass is 469 g/mol. The fourth-order valence-corrected chi connectivity index (χ4v) is 5.07. The van der Waals surface area contributed by atoms with Crippen LogP contribution in [0.1, 0.15) is 44.2 Å². The minimum absolute atomic E-state index is 0.155. The van der Waals surface area contributed by atoms with Gasteiger partial charge in [0.25, 0.3) is 11.5 Å². The van der Waals surface area contributed by atoms with E-state index in [1.165, 1.54) is 0 Å². The molecule has 7 heteroatoms. The van der Waals surface area contributed by atoms with Gasteiger partial charge in [-0.1, -0.05) is 11.6 Å². The molecule has 1 aliphatic heterocycles. The minimum atomic E-state index is -0.590. The number of carbonyl (C=O) groups is 1. The summed E-state index contributed by atoms with van der Waals surface area (Å²) in [5.74, 6) is 1.02. The van der Waals surface area contributed by atoms with Gasteiger partial charge in [-0.3, -0.25) is 14.6 Å². The molecule has 0 fully saturated rings. The van der Waals surface area contributed by atoms with Crippen molar-refractivity contribution in [3.8, 4) is 11.5 Å². The molecule has 35 heavy (non-hydrogen) atoms. The molecule has 1 aliphatic rings. The molecule has 0 saturated carbocycles. The Balaban J connectivity index is 1.76. The highest BCUT2D eigenvalue weighted by atomic mass is 16.5. The van der Waals surface area contributed by atoms with Crippen LogP contribution in [-0.4, -0.2) is 41.5 Å². The number of ether oxygens (including phenoxy) is 2. The zero-order valence-corrected chi connectivity index (χ0v) is 20.2. The van der Waals surface area contributed by atoms with Crippen molar-refractivity contribution in [3.63, 3.8) is 0 Å². The SMILES string of the molecule is COc1cc2c(cc1OC)[C@@H](c1cc3cc(C)cc(C)c3[nH]c1=O)N(C(=O)c1ccncc1)CC2. The normalized spacial score (nSPS) is 15.1. The lowest BCUT2D eigenvalue weighted by molar-refractivity contribution is 0.0693. The zero-order valence-electron chi connectivity index (χ0n) is 20.2. The van der Waals surface area contributed by atoms with E-state index in [2.05, 4.69) is 16.0 Å². The molecule has 4 aromatic rings. The van der Waals surface area contributed by atoms with Crippen LogP contribution in [0.2, 0.25) is 0 Å². The van der Waals surface area contributed by atoms with Crippen molar-refractivity contribution in [2.24, 2.45) is 0 Å². The standard InChI is InChI=1S/C28H27N3O4/c1-16-11-17(2)25-20(12-16)13-22(27(32)30-25)26-21-15-24(35-4)23(34-3)14-19(21)7-10-31(26)28(33)18-5-8-29-9-6-18/h5-6,8-9,11-15,26H,7,10H2,1-4H3,(H,30,32)/t26-/m0/s1. The maximum atomic E-state index is 13.7. The number of nitrogens with one attached hydrogen (secondary N) is 1. The Morgan fingerprint density at radius 1 is 1.00 bits per heavy atom. The number of carbonyl (C=O) groups excluding carboxylic acids is 1. The average molecular weight is 470 g/mol. The first-order valence-electron chi connectivity index (χ1n) is 11.5. The zero-order chi connectivity index (χ0) is 24.7. The number of H-pyrrole nitrogens is 1. The molecule has 0 unspecified atom stereocenters. The number of hydrogen-bond donors (Lipinski definition) is 1. The van der Waals surface area contributed by atoms with E-state index in [9.17, 15) is 9.59 Å². The summed E-state index contributed by atoms with van der Waals surface area (Å²) in [5, 5.41) is 0.931.